The number of amides is 2. The van der Waals surface area contributed by atoms with Crippen LogP contribution in [0.1, 0.15) is 25.3 Å². The van der Waals surface area contributed by atoms with E-state index in [2.05, 4.69) is 10.6 Å². The van der Waals surface area contributed by atoms with Crippen molar-refractivity contribution in [1.82, 2.24) is 0 Å². The summed E-state index contributed by atoms with van der Waals surface area (Å²) in [5, 5.41) is 5.15. The first kappa shape index (κ1) is 21.3. The zero-order valence-electron chi connectivity index (χ0n) is 16.0. The van der Waals surface area contributed by atoms with Gasteiger partial charge in [-0.1, -0.05) is 6.92 Å². The largest absolute Gasteiger partial charge is 0.326 e. The second-order valence-corrected chi connectivity index (χ2v) is 10.1. The Hall–Kier alpha value is -2.39. The molecule has 6 nitrogen and oxygen atoms in total. The van der Waals surface area contributed by atoms with Crippen LogP contribution in [0.2, 0.25) is 0 Å². The molecule has 1 atom stereocenters. The predicted molar refractivity (Wildman–Crippen MR) is 111 cm³/mol. The van der Waals surface area contributed by atoms with E-state index in [4.69, 9.17) is 0 Å². The zero-order valence-corrected chi connectivity index (χ0v) is 17.6. The Morgan fingerprint density at radius 2 is 2.00 bits per heavy atom. The Bertz CT molecular complexity index is 1070. The van der Waals surface area contributed by atoms with Crippen LogP contribution in [-0.4, -0.2) is 31.2 Å². The summed E-state index contributed by atoms with van der Waals surface area (Å²) in [5.41, 5.74) is 1.46. The van der Waals surface area contributed by atoms with E-state index in [1.165, 1.54) is 42.1 Å². The van der Waals surface area contributed by atoms with Crippen LogP contribution in [0.15, 0.2) is 46.2 Å². The molecule has 0 unspecified atom stereocenters. The van der Waals surface area contributed by atoms with E-state index < -0.39 is 21.6 Å². The molecule has 0 fully saturated rings. The molecule has 0 bridgehead atoms. The molecule has 0 aliphatic carbocycles. The van der Waals surface area contributed by atoms with Gasteiger partial charge in [0.2, 0.25) is 11.8 Å². The highest BCUT2D eigenvalue weighted by Crippen LogP contribution is 2.38. The van der Waals surface area contributed by atoms with Gasteiger partial charge in [0.1, 0.15) is 5.82 Å². The average molecular weight is 437 g/mol. The summed E-state index contributed by atoms with van der Waals surface area (Å²) in [6.45, 7) is 3.57. The lowest BCUT2D eigenvalue weighted by molar-refractivity contribution is -0.116. The minimum atomic E-state index is -3.72. The van der Waals surface area contributed by atoms with Gasteiger partial charge in [-0.3, -0.25) is 9.59 Å². The van der Waals surface area contributed by atoms with Crippen molar-refractivity contribution in [3.63, 3.8) is 0 Å². The molecule has 154 valence electrons. The molecule has 2 aromatic rings. The van der Waals surface area contributed by atoms with Crippen LogP contribution in [0.25, 0.3) is 0 Å². The van der Waals surface area contributed by atoms with E-state index in [9.17, 15) is 22.4 Å². The van der Waals surface area contributed by atoms with E-state index in [0.29, 0.717) is 23.4 Å². The number of hydrogen-bond donors (Lipinski definition) is 2. The molecule has 1 heterocycles. The molecule has 0 radical (unpaired) electrons. The van der Waals surface area contributed by atoms with Crippen molar-refractivity contribution in [2.45, 2.75) is 41.7 Å². The highest BCUT2D eigenvalue weighted by atomic mass is 32.2. The molecule has 1 aliphatic rings. The monoisotopic (exact) mass is 436 g/mol. The summed E-state index contributed by atoms with van der Waals surface area (Å²) in [6, 6.07) is 8.55. The van der Waals surface area contributed by atoms with Crippen LogP contribution in [0.3, 0.4) is 0 Å². The van der Waals surface area contributed by atoms with Gasteiger partial charge in [0.25, 0.3) is 0 Å². The van der Waals surface area contributed by atoms with Crippen molar-refractivity contribution in [3.8, 4) is 0 Å². The van der Waals surface area contributed by atoms with Crippen LogP contribution in [0.5, 0.6) is 0 Å². The van der Waals surface area contributed by atoms with Crippen molar-refractivity contribution >= 4 is 44.8 Å². The van der Waals surface area contributed by atoms with Crippen LogP contribution in [0, 0.1) is 12.7 Å². The smallest absolute Gasteiger partial charge is 0.237 e. The summed E-state index contributed by atoms with van der Waals surface area (Å²) in [6.07, 6.45) is 0.438. The van der Waals surface area contributed by atoms with Crippen molar-refractivity contribution in [3.05, 3.63) is 47.8 Å². The third-order valence-corrected chi connectivity index (χ3v) is 7.72. The standard InChI is InChI=1S/C20H21FN2O4S2/c1-3-17-20(25)23-16-11-14(5-7-18(16)28-17)29(26,27)9-8-19(24)22-15-6-4-13(21)10-12(15)2/h4-7,10-11,17H,3,8-9H2,1-2H3,(H,22,24)(H,23,25)/t17-/m0/s1. The van der Waals surface area contributed by atoms with Gasteiger partial charge in [0.15, 0.2) is 9.84 Å². The second kappa shape index (κ2) is 8.54. The fourth-order valence-corrected chi connectivity index (χ4v) is 5.20. The van der Waals surface area contributed by atoms with E-state index in [0.717, 1.165) is 4.90 Å². The Morgan fingerprint density at radius 3 is 2.69 bits per heavy atom. The maximum Gasteiger partial charge on any atom is 0.237 e. The van der Waals surface area contributed by atoms with E-state index in [-0.39, 0.29) is 28.2 Å². The maximum atomic E-state index is 13.1. The van der Waals surface area contributed by atoms with Crippen molar-refractivity contribution in [2.75, 3.05) is 16.4 Å². The average Bonchev–Trinajstić information content (AvgIpc) is 2.67. The lowest BCUT2D eigenvalue weighted by Gasteiger charge is -2.23. The van der Waals surface area contributed by atoms with Gasteiger partial charge in [-0.25, -0.2) is 12.8 Å². The first-order valence-electron chi connectivity index (χ1n) is 9.10. The molecule has 2 amide bonds. The Labute approximate surface area is 173 Å². The lowest BCUT2D eigenvalue weighted by atomic mass is 10.2. The van der Waals surface area contributed by atoms with Crippen LogP contribution in [-0.2, 0) is 19.4 Å². The third-order valence-electron chi connectivity index (χ3n) is 4.56. The van der Waals surface area contributed by atoms with Gasteiger partial charge in [-0.15, -0.1) is 11.8 Å². The summed E-state index contributed by atoms with van der Waals surface area (Å²) < 4.78 is 38.4. The number of nitrogens with one attached hydrogen (secondary N) is 2. The zero-order chi connectivity index (χ0) is 21.2. The van der Waals surface area contributed by atoms with Crippen molar-refractivity contribution in [2.24, 2.45) is 0 Å². The molecule has 2 N–H and O–H groups in total. The summed E-state index contributed by atoms with van der Waals surface area (Å²) in [4.78, 5) is 25.0. The predicted octanol–water partition coefficient (Wildman–Crippen LogP) is 3.76. The molecule has 0 saturated heterocycles. The van der Waals surface area contributed by atoms with Crippen molar-refractivity contribution < 1.29 is 22.4 Å². The molecule has 2 aromatic carbocycles. The number of aryl methyl sites for hydroxylation is 1. The van der Waals surface area contributed by atoms with E-state index in [1.807, 2.05) is 6.92 Å². The number of anilines is 2. The molecular weight excluding hydrogens is 415 g/mol. The minimum absolute atomic E-state index is 0.0536. The highest BCUT2D eigenvalue weighted by Gasteiger charge is 2.27. The number of carbonyl (C=O) groups is 2. The van der Waals surface area contributed by atoms with Gasteiger partial charge in [0.05, 0.1) is 21.6 Å². The molecule has 29 heavy (non-hydrogen) atoms. The second-order valence-electron chi connectivity index (χ2n) is 6.74. The molecule has 3 rings (SSSR count). The quantitative estimate of drug-likeness (QED) is 0.719. The summed E-state index contributed by atoms with van der Waals surface area (Å²) >= 11 is 1.41. The number of thioether (sulfide) groups is 1. The number of hydrogen-bond acceptors (Lipinski definition) is 5. The number of halogens is 1. The molecule has 0 saturated carbocycles. The number of rotatable bonds is 6. The van der Waals surface area contributed by atoms with Crippen LogP contribution >= 0.6 is 11.8 Å². The number of fused-ring (bicyclic) bond motifs is 1. The van der Waals surface area contributed by atoms with Gasteiger partial charge >= 0.3 is 0 Å². The fourth-order valence-electron chi connectivity index (χ4n) is 2.92. The molecule has 1 aliphatic heterocycles. The van der Waals surface area contributed by atoms with Crippen LogP contribution in [0.4, 0.5) is 15.8 Å². The maximum absolute atomic E-state index is 13.1. The summed E-state index contributed by atoms with van der Waals surface area (Å²) in [7, 11) is -3.72. The SMILES string of the molecule is CC[C@@H]1Sc2ccc(S(=O)(=O)CCC(=O)Nc3ccc(F)cc3C)cc2NC1=O. The third kappa shape index (κ3) is 4.97. The molecule has 0 aromatic heterocycles. The van der Waals surface area contributed by atoms with Gasteiger partial charge in [-0.05, 0) is 55.3 Å². The molecular formula is C20H21FN2O4S2. The Kier molecular flexibility index (Phi) is 6.28. The first-order chi connectivity index (χ1) is 13.7. The number of carbonyl (C=O) groups excluding carboxylic acids is 2. The summed E-state index contributed by atoms with van der Waals surface area (Å²) in [5.74, 6) is -1.41. The first-order valence-corrected chi connectivity index (χ1v) is 11.6. The van der Waals surface area contributed by atoms with Crippen molar-refractivity contribution in [1.29, 1.82) is 0 Å². The molecule has 9 heteroatoms. The highest BCUT2D eigenvalue weighted by molar-refractivity contribution is 8.01. The minimum Gasteiger partial charge on any atom is -0.326 e. The fraction of sp³-hybridized carbons (Fsp3) is 0.300. The van der Waals surface area contributed by atoms with Gasteiger partial charge in [0, 0.05) is 17.0 Å². The Morgan fingerprint density at radius 1 is 1.24 bits per heavy atom. The number of benzene rings is 2. The van der Waals surface area contributed by atoms with E-state index >= 15 is 0 Å². The van der Waals surface area contributed by atoms with Crippen LogP contribution < -0.4 is 10.6 Å². The number of sulfone groups is 1. The normalized spacial score (nSPS) is 16.1. The molecule has 0 spiro atoms. The Balaban J connectivity index is 1.67. The lowest BCUT2D eigenvalue weighted by Crippen LogP contribution is -2.28. The van der Waals surface area contributed by atoms with E-state index in [1.54, 1.807) is 13.0 Å². The van der Waals surface area contributed by atoms with Gasteiger partial charge < -0.3 is 10.6 Å². The topological polar surface area (TPSA) is 92.3 Å². The van der Waals surface area contributed by atoms with Gasteiger partial charge in [-0.2, -0.15) is 0 Å².